The van der Waals surface area contributed by atoms with Crippen LogP contribution in [0.5, 0.6) is 0 Å². The van der Waals surface area contributed by atoms with Gasteiger partial charge in [-0.25, -0.2) is 13.6 Å². The third kappa shape index (κ3) is 5.47. The van der Waals surface area contributed by atoms with Gasteiger partial charge in [-0.1, -0.05) is 12.1 Å². The molecule has 9 heteroatoms. The second-order valence-corrected chi connectivity index (χ2v) is 7.50. The Kier molecular flexibility index (Phi) is 5.14. The number of primary sulfonamides is 1. The second kappa shape index (κ2) is 6.90. The topological polar surface area (TPSA) is 118 Å². The van der Waals surface area contributed by atoms with Crippen molar-refractivity contribution in [3.8, 4) is 0 Å². The molecule has 1 aromatic heterocycles. The molecule has 1 aromatic carbocycles. The molecular weight excluding hydrogens is 338 g/mol. The molecule has 0 aliphatic rings. The van der Waals surface area contributed by atoms with Crippen molar-refractivity contribution < 1.29 is 18.0 Å². The number of hydrogen-bond donors (Lipinski definition) is 3. The van der Waals surface area contributed by atoms with Crippen LogP contribution in [0.2, 0.25) is 0 Å². The summed E-state index contributed by atoms with van der Waals surface area (Å²) in [6, 6.07) is 9.62. The molecule has 0 fully saturated rings. The maximum Gasteiger partial charge on any atom is 0.265 e. The average Bonchev–Trinajstić information content (AvgIpc) is 2.87. The summed E-state index contributed by atoms with van der Waals surface area (Å²) >= 11 is 1.16. The van der Waals surface area contributed by atoms with Gasteiger partial charge in [-0.2, -0.15) is 0 Å². The molecule has 122 valence electrons. The Bertz CT molecular complexity index is 826. The third-order valence-corrected chi connectivity index (χ3v) is 4.44. The van der Waals surface area contributed by atoms with E-state index in [9.17, 15) is 18.0 Å². The fraction of sp³-hybridized carbons (Fsp3) is 0.143. The number of thiophene rings is 1. The maximum atomic E-state index is 12.1. The molecule has 7 nitrogen and oxygen atoms in total. The first kappa shape index (κ1) is 17.1. The summed E-state index contributed by atoms with van der Waals surface area (Å²) in [6.45, 7) is 1.39. The molecule has 2 rings (SSSR count). The molecule has 0 saturated carbocycles. The Morgan fingerprint density at radius 3 is 2.30 bits per heavy atom. The first-order valence-corrected chi connectivity index (χ1v) is 9.04. The van der Waals surface area contributed by atoms with Gasteiger partial charge in [0.15, 0.2) is 0 Å². The van der Waals surface area contributed by atoms with E-state index in [2.05, 4.69) is 10.6 Å². The van der Waals surface area contributed by atoms with Gasteiger partial charge >= 0.3 is 0 Å². The smallest absolute Gasteiger partial charge is 0.265 e. The number of sulfonamides is 1. The highest BCUT2D eigenvalue weighted by molar-refractivity contribution is 7.88. The molecular formula is C14H15N3O4S2. The van der Waals surface area contributed by atoms with Gasteiger partial charge in [0, 0.05) is 12.6 Å². The molecule has 0 atom stereocenters. The van der Waals surface area contributed by atoms with Crippen LogP contribution < -0.4 is 15.8 Å². The fourth-order valence-electron chi connectivity index (χ4n) is 1.81. The fourth-order valence-corrected chi connectivity index (χ4v) is 3.31. The molecule has 0 aliphatic heterocycles. The second-order valence-electron chi connectivity index (χ2n) is 4.80. The number of nitrogens with two attached hydrogens (primary N) is 1. The van der Waals surface area contributed by atoms with Crippen molar-refractivity contribution in [1.82, 2.24) is 0 Å². The van der Waals surface area contributed by atoms with Crippen LogP contribution in [0, 0.1) is 0 Å². The summed E-state index contributed by atoms with van der Waals surface area (Å²) in [5, 5.41) is 10.9. The molecule has 0 aliphatic carbocycles. The summed E-state index contributed by atoms with van der Waals surface area (Å²) < 4.78 is 22.0. The largest absolute Gasteiger partial charge is 0.321 e. The molecule has 4 N–H and O–H groups in total. The van der Waals surface area contributed by atoms with E-state index >= 15 is 0 Å². The third-order valence-electron chi connectivity index (χ3n) is 2.71. The van der Waals surface area contributed by atoms with E-state index in [1.165, 1.54) is 6.92 Å². The van der Waals surface area contributed by atoms with Crippen molar-refractivity contribution in [3.63, 3.8) is 0 Å². The van der Waals surface area contributed by atoms with Crippen molar-refractivity contribution in [2.75, 3.05) is 10.6 Å². The van der Waals surface area contributed by atoms with Gasteiger partial charge in [0.25, 0.3) is 5.91 Å². The predicted octanol–water partition coefficient (Wildman–Crippen LogP) is 1.75. The van der Waals surface area contributed by atoms with Gasteiger partial charge < -0.3 is 10.6 Å². The highest BCUT2D eigenvalue weighted by atomic mass is 32.2. The normalized spacial score (nSPS) is 11.0. The molecule has 0 saturated heterocycles. The lowest BCUT2D eigenvalue weighted by Gasteiger charge is -2.05. The highest BCUT2D eigenvalue weighted by Gasteiger charge is 2.11. The van der Waals surface area contributed by atoms with Crippen LogP contribution in [0.1, 0.15) is 22.2 Å². The molecule has 0 unspecified atom stereocenters. The van der Waals surface area contributed by atoms with Crippen molar-refractivity contribution in [2.45, 2.75) is 12.7 Å². The number of carbonyl (C=O) groups excluding carboxylic acids is 2. The van der Waals surface area contributed by atoms with E-state index < -0.39 is 10.0 Å². The van der Waals surface area contributed by atoms with E-state index in [0.717, 1.165) is 11.3 Å². The van der Waals surface area contributed by atoms with Crippen LogP contribution in [0.3, 0.4) is 0 Å². The lowest BCUT2D eigenvalue weighted by Crippen LogP contribution is -2.14. The Balaban J connectivity index is 2.02. The van der Waals surface area contributed by atoms with Gasteiger partial charge in [-0.05, 0) is 29.8 Å². The summed E-state index contributed by atoms with van der Waals surface area (Å²) in [5.41, 5.74) is 1.07. The van der Waals surface area contributed by atoms with Crippen LogP contribution in [0.25, 0.3) is 0 Å². The molecule has 0 bridgehead atoms. The molecule has 2 aromatic rings. The predicted molar refractivity (Wildman–Crippen MR) is 89.8 cm³/mol. The van der Waals surface area contributed by atoms with Crippen LogP contribution in [0.15, 0.2) is 36.4 Å². The molecule has 2 amide bonds. The SMILES string of the molecule is CC(=O)Nc1ccc(C(=O)Nc2ccc(CS(N)(=O)=O)cc2)s1. The Labute approximate surface area is 137 Å². The van der Waals surface area contributed by atoms with Gasteiger partial charge in [0.2, 0.25) is 15.9 Å². The molecule has 23 heavy (non-hydrogen) atoms. The van der Waals surface area contributed by atoms with Gasteiger partial charge in [0.1, 0.15) is 0 Å². The summed E-state index contributed by atoms with van der Waals surface area (Å²) in [5.74, 6) is -0.776. The Hall–Kier alpha value is -2.23. The van der Waals surface area contributed by atoms with E-state index in [-0.39, 0.29) is 17.6 Å². The van der Waals surface area contributed by atoms with Crippen molar-refractivity contribution in [3.05, 3.63) is 46.8 Å². The number of benzene rings is 1. The molecule has 1 heterocycles. The standard InChI is InChI=1S/C14H15N3O4S2/c1-9(18)16-13-7-6-12(22-13)14(19)17-11-4-2-10(3-5-11)8-23(15,20)21/h2-7H,8H2,1H3,(H,16,18)(H,17,19)(H2,15,20,21). The summed E-state index contributed by atoms with van der Waals surface area (Å²) in [7, 11) is -3.58. The van der Waals surface area contributed by atoms with Crippen LogP contribution in [-0.4, -0.2) is 20.2 Å². The number of anilines is 2. The molecule has 0 spiro atoms. The zero-order valence-electron chi connectivity index (χ0n) is 12.2. The van der Waals surface area contributed by atoms with Crippen LogP contribution in [-0.2, 0) is 20.6 Å². The van der Waals surface area contributed by atoms with Gasteiger partial charge in [-0.15, -0.1) is 11.3 Å². The quantitative estimate of drug-likeness (QED) is 0.758. The molecule has 0 radical (unpaired) electrons. The zero-order valence-corrected chi connectivity index (χ0v) is 13.8. The van der Waals surface area contributed by atoms with Crippen LogP contribution >= 0.6 is 11.3 Å². The number of amides is 2. The maximum absolute atomic E-state index is 12.1. The number of rotatable bonds is 5. The lowest BCUT2D eigenvalue weighted by atomic mass is 10.2. The van der Waals surface area contributed by atoms with Crippen LogP contribution in [0.4, 0.5) is 10.7 Å². The minimum absolute atomic E-state index is 0.204. The summed E-state index contributed by atoms with van der Waals surface area (Å²) in [4.78, 5) is 23.5. The van der Waals surface area contributed by atoms with Crippen molar-refractivity contribution >= 4 is 43.9 Å². The minimum Gasteiger partial charge on any atom is -0.321 e. The highest BCUT2D eigenvalue weighted by Crippen LogP contribution is 2.23. The van der Waals surface area contributed by atoms with E-state index in [1.807, 2.05) is 0 Å². The number of carbonyl (C=O) groups is 2. The Morgan fingerprint density at radius 2 is 1.74 bits per heavy atom. The van der Waals surface area contributed by atoms with Gasteiger partial charge in [-0.3, -0.25) is 9.59 Å². The number of hydrogen-bond acceptors (Lipinski definition) is 5. The van der Waals surface area contributed by atoms with E-state index in [4.69, 9.17) is 5.14 Å². The van der Waals surface area contributed by atoms with E-state index in [1.54, 1.807) is 36.4 Å². The van der Waals surface area contributed by atoms with E-state index in [0.29, 0.717) is 21.1 Å². The first-order valence-electron chi connectivity index (χ1n) is 6.51. The monoisotopic (exact) mass is 353 g/mol. The Morgan fingerprint density at radius 1 is 1.09 bits per heavy atom. The first-order chi connectivity index (χ1) is 10.7. The summed E-state index contributed by atoms with van der Waals surface area (Å²) in [6.07, 6.45) is 0. The van der Waals surface area contributed by atoms with Crippen molar-refractivity contribution in [1.29, 1.82) is 0 Å². The van der Waals surface area contributed by atoms with Gasteiger partial charge in [0.05, 0.1) is 15.6 Å². The zero-order chi connectivity index (χ0) is 17.0. The van der Waals surface area contributed by atoms with Crippen molar-refractivity contribution in [2.24, 2.45) is 5.14 Å². The minimum atomic E-state index is -3.58. The number of nitrogens with one attached hydrogen (secondary N) is 2. The average molecular weight is 353 g/mol. The lowest BCUT2D eigenvalue weighted by molar-refractivity contribution is -0.114.